The van der Waals surface area contributed by atoms with E-state index in [2.05, 4.69) is 25.2 Å². The Kier molecular flexibility index (Phi) is 6.93. The fourth-order valence-electron chi connectivity index (χ4n) is 3.94. The molecule has 0 spiro atoms. The Balaban J connectivity index is 1.68. The van der Waals surface area contributed by atoms with Crippen molar-refractivity contribution in [1.82, 2.24) is 24.9 Å². The van der Waals surface area contributed by atoms with Crippen LogP contribution in [0.5, 0.6) is 11.5 Å². The summed E-state index contributed by atoms with van der Waals surface area (Å²) in [7, 11) is 2.77. The van der Waals surface area contributed by atoms with E-state index in [1.165, 1.54) is 38.5 Å². The van der Waals surface area contributed by atoms with Gasteiger partial charge in [0.15, 0.2) is 17.3 Å². The SMILES string of the molecule is COc1cc(F)c(C(=Nc2ccc(-c3noc(C)n3)cc2)c2nn(-c3ccccc3C(=O)O)c(=O)[nH]2)cc1OC. The molecule has 0 unspecified atom stereocenters. The molecule has 0 saturated heterocycles. The maximum absolute atomic E-state index is 15.4. The predicted molar refractivity (Wildman–Crippen MR) is 140 cm³/mol. The van der Waals surface area contributed by atoms with Crippen LogP contribution in [0.25, 0.3) is 17.1 Å². The summed E-state index contributed by atoms with van der Waals surface area (Å²) in [5, 5.41) is 17.8. The average Bonchev–Trinajstić information content (AvgIpc) is 3.57. The number of halogens is 1. The first-order valence-electron chi connectivity index (χ1n) is 11.7. The van der Waals surface area contributed by atoms with Gasteiger partial charge in [0.25, 0.3) is 0 Å². The Bertz CT molecular complexity index is 1810. The van der Waals surface area contributed by atoms with Crippen molar-refractivity contribution >= 4 is 17.4 Å². The molecule has 0 radical (unpaired) electrons. The van der Waals surface area contributed by atoms with Gasteiger partial charge in [0.1, 0.15) is 11.5 Å². The number of aryl methyl sites for hydroxylation is 1. The summed E-state index contributed by atoms with van der Waals surface area (Å²) >= 11 is 0. The van der Waals surface area contributed by atoms with Crippen LogP contribution in [0, 0.1) is 12.7 Å². The van der Waals surface area contributed by atoms with Gasteiger partial charge in [-0.25, -0.2) is 19.0 Å². The van der Waals surface area contributed by atoms with Crippen LogP contribution < -0.4 is 15.2 Å². The van der Waals surface area contributed by atoms with Crippen LogP contribution in [0.4, 0.5) is 10.1 Å². The van der Waals surface area contributed by atoms with Crippen molar-refractivity contribution in [2.75, 3.05) is 14.2 Å². The van der Waals surface area contributed by atoms with Gasteiger partial charge in [0.05, 0.1) is 31.2 Å². The third-order valence-electron chi connectivity index (χ3n) is 5.83. The van der Waals surface area contributed by atoms with Crippen molar-refractivity contribution in [3.05, 3.63) is 99.8 Å². The normalized spacial score (nSPS) is 11.4. The Morgan fingerprint density at radius 2 is 1.75 bits per heavy atom. The summed E-state index contributed by atoms with van der Waals surface area (Å²) in [5.41, 5.74) is 0.0699. The molecule has 3 aromatic carbocycles. The number of carboxylic acid groups (broad SMARTS) is 1. The number of aliphatic imine (C=N–C) groups is 1. The lowest BCUT2D eigenvalue weighted by Crippen LogP contribution is -2.18. The molecule has 202 valence electrons. The number of hydrogen-bond acceptors (Lipinski definition) is 9. The minimum atomic E-state index is -1.25. The van der Waals surface area contributed by atoms with E-state index in [4.69, 9.17) is 14.0 Å². The predicted octanol–water partition coefficient (Wildman–Crippen LogP) is 3.94. The standard InChI is InChI=1S/C27H21FN6O6/c1-14-29-24(33-40-14)15-8-10-16(11-9-15)30-23(18-12-21(38-2)22(39-3)13-19(18)28)25-31-27(37)34(32-25)20-7-5-4-6-17(20)26(35)36/h4-13H,1-3H3,(H,35,36)(H,31,32,37). The molecule has 13 heteroatoms. The molecular weight excluding hydrogens is 523 g/mol. The molecule has 0 saturated carbocycles. The zero-order chi connectivity index (χ0) is 28.4. The maximum Gasteiger partial charge on any atom is 0.348 e. The van der Waals surface area contributed by atoms with Gasteiger partial charge in [0.2, 0.25) is 11.7 Å². The number of para-hydroxylation sites is 1. The van der Waals surface area contributed by atoms with Crippen molar-refractivity contribution in [2.45, 2.75) is 6.92 Å². The lowest BCUT2D eigenvalue weighted by atomic mass is 10.1. The first-order valence-corrected chi connectivity index (χ1v) is 11.7. The number of aromatic nitrogens is 5. The van der Waals surface area contributed by atoms with E-state index in [-0.39, 0.29) is 39.8 Å². The number of carbonyl (C=O) groups is 1. The number of methoxy groups -OCH3 is 2. The second kappa shape index (κ2) is 10.6. The zero-order valence-corrected chi connectivity index (χ0v) is 21.4. The maximum atomic E-state index is 15.4. The summed E-state index contributed by atoms with van der Waals surface area (Å²) in [5.74, 6) is -0.925. The fraction of sp³-hybridized carbons (Fsp3) is 0.111. The van der Waals surface area contributed by atoms with E-state index in [0.29, 0.717) is 23.0 Å². The van der Waals surface area contributed by atoms with Crippen molar-refractivity contribution < 1.29 is 28.3 Å². The molecule has 0 aliphatic heterocycles. The van der Waals surface area contributed by atoms with E-state index in [1.807, 2.05) is 0 Å². The highest BCUT2D eigenvalue weighted by Gasteiger charge is 2.23. The molecule has 0 bridgehead atoms. The number of H-pyrrole nitrogens is 1. The molecule has 5 aromatic rings. The number of ether oxygens (including phenoxy) is 2. The number of nitrogens with zero attached hydrogens (tertiary/aromatic N) is 5. The van der Waals surface area contributed by atoms with E-state index in [1.54, 1.807) is 37.3 Å². The number of aromatic amines is 1. The molecule has 12 nitrogen and oxygen atoms in total. The molecule has 2 heterocycles. The molecule has 0 aliphatic rings. The van der Waals surface area contributed by atoms with Crippen LogP contribution >= 0.6 is 0 Å². The lowest BCUT2D eigenvalue weighted by Gasteiger charge is -2.12. The van der Waals surface area contributed by atoms with Gasteiger partial charge >= 0.3 is 11.7 Å². The largest absolute Gasteiger partial charge is 0.493 e. The molecule has 0 atom stereocenters. The second-order valence-electron chi connectivity index (χ2n) is 8.34. The van der Waals surface area contributed by atoms with Crippen LogP contribution in [-0.4, -0.2) is 55.9 Å². The van der Waals surface area contributed by atoms with Gasteiger partial charge in [-0.2, -0.15) is 9.67 Å². The number of benzene rings is 3. The minimum absolute atomic E-state index is 0.0226. The number of aromatic carboxylic acids is 1. The Morgan fingerprint density at radius 1 is 1.05 bits per heavy atom. The third-order valence-corrected chi connectivity index (χ3v) is 5.83. The quantitative estimate of drug-likeness (QED) is 0.276. The monoisotopic (exact) mass is 544 g/mol. The average molecular weight is 544 g/mol. The summed E-state index contributed by atoms with van der Waals surface area (Å²) in [6, 6.07) is 15.1. The highest BCUT2D eigenvalue weighted by atomic mass is 19.1. The number of hydrogen-bond donors (Lipinski definition) is 2. The van der Waals surface area contributed by atoms with Crippen molar-refractivity contribution in [1.29, 1.82) is 0 Å². The summed E-state index contributed by atoms with van der Waals surface area (Å²) in [4.78, 5) is 36.0. The van der Waals surface area contributed by atoms with Crippen LogP contribution in [0.1, 0.15) is 27.6 Å². The molecule has 5 rings (SSSR count). The van der Waals surface area contributed by atoms with E-state index in [9.17, 15) is 14.7 Å². The highest BCUT2D eigenvalue weighted by Crippen LogP contribution is 2.32. The fourth-order valence-corrected chi connectivity index (χ4v) is 3.94. The van der Waals surface area contributed by atoms with Gasteiger partial charge in [0, 0.05) is 24.1 Å². The number of rotatable bonds is 8. The van der Waals surface area contributed by atoms with E-state index >= 15 is 4.39 Å². The van der Waals surface area contributed by atoms with E-state index in [0.717, 1.165) is 10.7 Å². The van der Waals surface area contributed by atoms with E-state index < -0.39 is 17.5 Å². The summed E-state index contributed by atoms with van der Waals surface area (Å²) in [6.07, 6.45) is 0. The Morgan fingerprint density at radius 3 is 2.40 bits per heavy atom. The van der Waals surface area contributed by atoms with Crippen molar-refractivity contribution in [2.24, 2.45) is 4.99 Å². The zero-order valence-electron chi connectivity index (χ0n) is 21.4. The number of carboxylic acids is 1. The van der Waals surface area contributed by atoms with Crippen LogP contribution in [0.15, 0.2) is 75.0 Å². The van der Waals surface area contributed by atoms with Crippen LogP contribution in [-0.2, 0) is 0 Å². The van der Waals surface area contributed by atoms with Gasteiger partial charge in [-0.3, -0.25) is 4.98 Å². The van der Waals surface area contributed by atoms with Gasteiger partial charge in [-0.15, -0.1) is 5.10 Å². The minimum Gasteiger partial charge on any atom is -0.493 e. The molecule has 2 N–H and O–H groups in total. The molecule has 40 heavy (non-hydrogen) atoms. The van der Waals surface area contributed by atoms with Crippen LogP contribution in [0.3, 0.4) is 0 Å². The second-order valence-corrected chi connectivity index (χ2v) is 8.34. The molecular formula is C27H21FN6O6. The smallest absolute Gasteiger partial charge is 0.348 e. The van der Waals surface area contributed by atoms with Crippen molar-refractivity contribution in [3.63, 3.8) is 0 Å². The first-order chi connectivity index (χ1) is 19.3. The lowest BCUT2D eigenvalue weighted by molar-refractivity contribution is 0.0696. The topological polar surface area (TPSA) is 158 Å². The number of nitrogens with one attached hydrogen (secondary N) is 1. The first kappa shape index (κ1) is 26.0. The molecule has 0 aliphatic carbocycles. The van der Waals surface area contributed by atoms with Crippen LogP contribution in [0.2, 0.25) is 0 Å². The van der Waals surface area contributed by atoms with Gasteiger partial charge in [-0.05, 0) is 42.5 Å². The van der Waals surface area contributed by atoms with Gasteiger partial charge < -0.3 is 19.1 Å². The summed E-state index contributed by atoms with van der Waals surface area (Å²) < 4.78 is 31.9. The van der Waals surface area contributed by atoms with Gasteiger partial charge in [-0.1, -0.05) is 17.3 Å². The highest BCUT2D eigenvalue weighted by molar-refractivity contribution is 6.12. The summed E-state index contributed by atoms with van der Waals surface area (Å²) in [6.45, 7) is 1.67. The van der Waals surface area contributed by atoms with Crippen molar-refractivity contribution in [3.8, 4) is 28.6 Å². The Hall–Kier alpha value is -5.59. The molecule has 2 aromatic heterocycles. The Labute approximate surface area is 225 Å². The third kappa shape index (κ3) is 4.95. The molecule has 0 fully saturated rings. The molecule has 0 amide bonds.